The maximum atomic E-state index is 13.0. The summed E-state index contributed by atoms with van der Waals surface area (Å²) in [6, 6.07) is 5.34. The summed E-state index contributed by atoms with van der Waals surface area (Å²) in [5.41, 5.74) is -0.614. The molecule has 0 atom stereocenters. The quantitative estimate of drug-likeness (QED) is 0.886. The normalized spacial score (nSPS) is 11.6. The van der Waals surface area contributed by atoms with Gasteiger partial charge in [0.2, 0.25) is 0 Å². The van der Waals surface area contributed by atoms with Crippen LogP contribution in [0.25, 0.3) is 11.3 Å². The van der Waals surface area contributed by atoms with Crippen molar-refractivity contribution in [2.75, 3.05) is 0 Å². The highest BCUT2D eigenvalue weighted by atomic mass is 19.1. The van der Waals surface area contributed by atoms with E-state index in [2.05, 4.69) is 10.3 Å². The molecule has 0 saturated carbocycles. The first-order valence-corrected chi connectivity index (χ1v) is 5.93. The van der Waals surface area contributed by atoms with Crippen LogP contribution in [0, 0.1) is 5.82 Å². The van der Waals surface area contributed by atoms with Gasteiger partial charge in [-0.1, -0.05) is 5.21 Å². The fourth-order valence-corrected chi connectivity index (χ4v) is 1.83. The van der Waals surface area contributed by atoms with Gasteiger partial charge in [-0.2, -0.15) is 0 Å². The van der Waals surface area contributed by atoms with E-state index < -0.39 is 17.4 Å². The summed E-state index contributed by atoms with van der Waals surface area (Å²) in [7, 11) is 0. The highest BCUT2D eigenvalue weighted by Crippen LogP contribution is 2.24. The summed E-state index contributed by atoms with van der Waals surface area (Å²) in [5.74, 6) is -1.65. The Hall–Kier alpha value is -2.28. The van der Waals surface area contributed by atoms with Gasteiger partial charge >= 0.3 is 5.97 Å². The number of nitrogens with zero attached hydrogens (tertiary/aromatic N) is 3. The van der Waals surface area contributed by atoms with Gasteiger partial charge in [-0.15, -0.1) is 5.10 Å². The predicted octanol–water partition coefficient (Wildman–Crippen LogP) is 1.55. The average molecular weight is 279 g/mol. The summed E-state index contributed by atoms with van der Waals surface area (Å²) in [5, 5.41) is 26.3. The van der Waals surface area contributed by atoms with Crippen LogP contribution >= 0.6 is 0 Å². The minimum atomic E-state index is -1.23. The van der Waals surface area contributed by atoms with Crippen molar-refractivity contribution in [3.63, 3.8) is 0 Å². The predicted molar refractivity (Wildman–Crippen MR) is 68.7 cm³/mol. The summed E-state index contributed by atoms with van der Waals surface area (Å²) in [6.07, 6.45) is 0. The van der Waals surface area contributed by atoms with Gasteiger partial charge in [0.05, 0.1) is 12.1 Å². The molecule has 20 heavy (non-hydrogen) atoms. The highest BCUT2D eigenvalue weighted by molar-refractivity contribution is 5.92. The first-order chi connectivity index (χ1) is 9.28. The van der Waals surface area contributed by atoms with E-state index in [4.69, 9.17) is 5.11 Å². The van der Waals surface area contributed by atoms with Crippen LogP contribution in [0.5, 0.6) is 0 Å². The minimum absolute atomic E-state index is 0.0694. The molecule has 7 heteroatoms. The Morgan fingerprint density at radius 3 is 2.45 bits per heavy atom. The van der Waals surface area contributed by atoms with Crippen LogP contribution in [0.1, 0.15) is 24.3 Å². The van der Waals surface area contributed by atoms with E-state index in [-0.39, 0.29) is 17.9 Å². The first-order valence-electron chi connectivity index (χ1n) is 5.93. The van der Waals surface area contributed by atoms with Gasteiger partial charge in [0.15, 0.2) is 5.69 Å². The van der Waals surface area contributed by atoms with Gasteiger partial charge in [0.1, 0.15) is 11.5 Å². The molecule has 2 aromatic rings. The lowest BCUT2D eigenvalue weighted by atomic mass is 10.1. The van der Waals surface area contributed by atoms with E-state index in [0.717, 1.165) is 0 Å². The molecule has 1 aromatic heterocycles. The third-order valence-electron chi connectivity index (χ3n) is 2.59. The molecular weight excluding hydrogens is 265 g/mol. The van der Waals surface area contributed by atoms with E-state index in [9.17, 15) is 14.3 Å². The number of carboxylic acid groups (broad SMARTS) is 1. The van der Waals surface area contributed by atoms with Crippen molar-refractivity contribution in [1.29, 1.82) is 0 Å². The molecule has 1 aromatic carbocycles. The fraction of sp³-hybridized carbons (Fsp3) is 0.308. The first kappa shape index (κ1) is 14.1. The molecule has 0 unspecified atom stereocenters. The van der Waals surface area contributed by atoms with Gasteiger partial charge in [-0.3, -0.25) is 0 Å². The van der Waals surface area contributed by atoms with Crippen LogP contribution in [0.2, 0.25) is 0 Å². The van der Waals surface area contributed by atoms with Crippen molar-refractivity contribution in [2.45, 2.75) is 26.0 Å². The Morgan fingerprint density at radius 2 is 1.95 bits per heavy atom. The minimum Gasteiger partial charge on any atom is -0.476 e. The van der Waals surface area contributed by atoms with Crippen molar-refractivity contribution in [3.05, 3.63) is 35.8 Å². The molecule has 0 saturated heterocycles. The maximum absolute atomic E-state index is 13.0. The topological polar surface area (TPSA) is 88.2 Å². The number of halogens is 1. The SMILES string of the molecule is CC(C)(O)Cn1nnc(C(=O)O)c1-c1ccc(F)cc1. The number of aromatic nitrogens is 3. The van der Waals surface area contributed by atoms with E-state index >= 15 is 0 Å². The Kier molecular flexibility index (Phi) is 3.54. The lowest BCUT2D eigenvalue weighted by molar-refractivity contribution is 0.0575. The molecule has 0 spiro atoms. The van der Waals surface area contributed by atoms with E-state index in [1.807, 2.05) is 0 Å². The molecule has 0 radical (unpaired) electrons. The second-order valence-electron chi connectivity index (χ2n) is 5.07. The van der Waals surface area contributed by atoms with Crippen LogP contribution < -0.4 is 0 Å². The van der Waals surface area contributed by atoms with Crippen LogP contribution in [-0.4, -0.2) is 36.8 Å². The molecule has 0 amide bonds. The maximum Gasteiger partial charge on any atom is 0.358 e. The van der Waals surface area contributed by atoms with Crippen LogP contribution in [0.15, 0.2) is 24.3 Å². The smallest absolute Gasteiger partial charge is 0.358 e. The molecular formula is C13H14FN3O3. The Morgan fingerprint density at radius 1 is 1.35 bits per heavy atom. The van der Waals surface area contributed by atoms with Gasteiger partial charge in [-0.05, 0) is 38.1 Å². The summed E-state index contributed by atoms with van der Waals surface area (Å²) in [6.45, 7) is 3.22. The summed E-state index contributed by atoms with van der Waals surface area (Å²) >= 11 is 0. The van der Waals surface area contributed by atoms with Crippen molar-refractivity contribution in [2.24, 2.45) is 0 Å². The van der Waals surface area contributed by atoms with E-state index in [1.54, 1.807) is 13.8 Å². The molecule has 0 bridgehead atoms. The molecule has 1 heterocycles. The zero-order valence-electron chi connectivity index (χ0n) is 11.0. The zero-order chi connectivity index (χ0) is 14.9. The third kappa shape index (κ3) is 3.00. The summed E-state index contributed by atoms with van der Waals surface area (Å²) < 4.78 is 14.3. The Balaban J connectivity index is 2.55. The van der Waals surface area contributed by atoms with E-state index in [1.165, 1.54) is 28.9 Å². The fourth-order valence-electron chi connectivity index (χ4n) is 1.83. The van der Waals surface area contributed by atoms with Crippen LogP contribution in [0.3, 0.4) is 0 Å². The van der Waals surface area contributed by atoms with Gasteiger partial charge in [0, 0.05) is 5.56 Å². The summed E-state index contributed by atoms with van der Waals surface area (Å²) in [4.78, 5) is 11.2. The second kappa shape index (κ2) is 5.01. The molecule has 0 fully saturated rings. The standard InChI is InChI=1S/C13H14FN3O3/c1-13(2,20)7-17-11(10(12(18)19)15-16-17)8-3-5-9(14)6-4-8/h3-6,20H,7H2,1-2H3,(H,18,19). The van der Waals surface area contributed by atoms with E-state index in [0.29, 0.717) is 5.56 Å². The lowest BCUT2D eigenvalue weighted by Gasteiger charge is -2.18. The number of hydrogen-bond acceptors (Lipinski definition) is 4. The van der Waals surface area contributed by atoms with Gasteiger partial charge in [0.25, 0.3) is 0 Å². The third-order valence-corrected chi connectivity index (χ3v) is 2.59. The Bertz CT molecular complexity index is 629. The van der Waals surface area contributed by atoms with Crippen molar-refractivity contribution < 1.29 is 19.4 Å². The zero-order valence-corrected chi connectivity index (χ0v) is 11.0. The molecule has 0 aliphatic carbocycles. The van der Waals surface area contributed by atoms with Gasteiger partial charge < -0.3 is 10.2 Å². The average Bonchev–Trinajstić information content (AvgIpc) is 2.71. The molecule has 2 N–H and O–H groups in total. The molecule has 0 aliphatic heterocycles. The number of carboxylic acids is 1. The molecule has 2 rings (SSSR count). The number of benzene rings is 1. The number of aliphatic hydroxyl groups is 1. The van der Waals surface area contributed by atoms with Crippen molar-refractivity contribution >= 4 is 5.97 Å². The highest BCUT2D eigenvalue weighted by Gasteiger charge is 2.24. The van der Waals surface area contributed by atoms with Gasteiger partial charge in [-0.25, -0.2) is 13.9 Å². The molecule has 106 valence electrons. The number of hydrogen-bond donors (Lipinski definition) is 2. The lowest BCUT2D eigenvalue weighted by Crippen LogP contribution is -2.27. The molecule has 6 nitrogen and oxygen atoms in total. The van der Waals surface area contributed by atoms with Crippen LogP contribution in [-0.2, 0) is 6.54 Å². The van der Waals surface area contributed by atoms with Crippen molar-refractivity contribution in [3.8, 4) is 11.3 Å². The molecule has 0 aliphatic rings. The number of carbonyl (C=O) groups is 1. The van der Waals surface area contributed by atoms with Crippen molar-refractivity contribution in [1.82, 2.24) is 15.0 Å². The number of aromatic carboxylic acids is 1. The van der Waals surface area contributed by atoms with Crippen LogP contribution in [0.4, 0.5) is 4.39 Å². The monoisotopic (exact) mass is 279 g/mol. The number of rotatable bonds is 4. The second-order valence-corrected chi connectivity index (χ2v) is 5.07. The largest absolute Gasteiger partial charge is 0.476 e. The Labute approximate surface area is 114 Å².